The number of rotatable bonds is 6. The third kappa shape index (κ3) is 3.87. The van der Waals surface area contributed by atoms with Crippen molar-refractivity contribution in [2.75, 3.05) is 0 Å². The molecule has 1 aromatic heterocycles. The van der Waals surface area contributed by atoms with Crippen molar-refractivity contribution in [3.63, 3.8) is 0 Å². The standard InChI is InChI=1S/C16H17N2O9PSe/c17-13(21)8-6-29-14(18-8)9-11(20)16(23,10(19)7-4-2-1-3-5-7)12(27-9)15(22)28(24,25)26/h1-6,9,11-12,15,20,22-23H,(H2,17,21)(H2,24,25,26)/t9-,11+,12-,15?,16+/m1/s1. The molecule has 2 heterocycles. The Morgan fingerprint density at radius 1 is 1.28 bits per heavy atom. The molecule has 0 radical (unpaired) electrons. The van der Waals surface area contributed by atoms with E-state index in [1.165, 1.54) is 29.2 Å². The first-order chi connectivity index (χ1) is 13.5. The molecule has 29 heavy (non-hydrogen) atoms. The van der Waals surface area contributed by atoms with Gasteiger partial charge in [0.25, 0.3) is 0 Å². The van der Waals surface area contributed by atoms with E-state index < -0.39 is 63.5 Å². The van der Waals surface area contributed by atoms with Gasteiger partial charge in [-0.1, -0.05) is 0 Å². The van der Waals surface area contributed by atoms with E-state index in [-0.39, 0.29) is 15.8 Å². The van der Waals surface area contributed by atoms with Crippen molar-refractivity contribution < 1.29 is 44.0 Å². The Labute approximate surface area is 169 Å². The molecule has 0 spiro atoms. The van der Waals surface area contributed by atoms with E-state index >= 15 is 0 Å². The Morgan fingerprint density at radius 2 is 1.90 bits per heavy atom. The van der Waals surface area contributed by atoms with Crippen molar-refractivity contribution >= 4 is 33.8 Å². The molecule has 1 fully saturated rings. The molecule has 5 atom stereocenters. The first kappa shape index (κ1) is 22.0. The van der Waals surface area contributed by atoms with Crippen LogP contribution in [0.25, 0.3) is 0 Å². The van der Waals surface area contributed by atoms with Gasteiger partial charge in [-0.05, 0) is 0 Å². The quantitative estimate of drug-likeness (QED) is 0.151. The van der Waals surface area contributed by atoms with Crippen molar-refractivity contribution in [3.05, 3.63) is 51.1 Å². The number of ether oxygens (including phenoxy) is 1. The van der Waals surface area contributed by atoms with Crippen LogP contribution in [0.3, 0.4) is 0 Å². The first-order valence-corrected chi connectivity index (χ1v) is 11.6. The Balaban J connectivity index is 2.07. The second-order valence-electron chi connectivity index (χ2n) is 6.38. The Bertz CT molecular complexity index is 978. The molecule has 1 aliphatic heterocycles. The summed E-state index contributed by atoms with van der Waals surface area (Å²) in [5.41, 5.74) is 2.08. The molecule has 1 aliphatic rings. The number of hydrogen-bond donors (Lipinski definition) is 6. The molecule has 2 aromatic rings. The van der Waals surface area contributed by atoms with Gasteiger partial charge in [-0.2, -0.15) is 0 Å². The van der Waals surface area contributed by atoms with Crippen LogP contribution < -0.4 is 5.73 Å². The second-order valence-corrected chi connectivity index (χ2v) is 9.95. The van der Waals surface area contributed by atoms with E-state index in [9.17, 15) is 39.3 Å². The normalized spacial score (nSPS) is 28.2. The Hall–Kier alpha value is -1.72. The molecule has 1 unspecified atom stereocenters. The van der Waals surface area contributed by atoms with Crippen LogP contribution in [0.5, 0.6) is 0 Å². The zero-order valence-corrected chi connectivity index (χ0v) is 17.1. The summed E-state index contributed by atoms with van der Waals surface area (Å²) in [6.07, 6.45) is -5.68. The number of primary amides is 1. The van der Waals surface area contributed by atoms with E-state index in [0.29, 0.717) is 0 Å². The number of aliphatic hydroxyl groups excluding tert-OH is 2. The molecule has 3 rings (SSSR count). The van der Waals surface area contributed by atoms with E-state index in [1.54, 1.807) is 6.07 Å². The third-order valence-corrected chi connectivity index (χ3v) is 7.36. The maximum atomic E-state index is 13.0. The summed E-state index contributed by atoms with van der Waals surface area (Å²) in [5.74, 6) is -4.53. The molecule has 0 bridgehead atoms. The van der Waals surface area contributed by atoms with Crippen LogP contribution >= 0.6 is 7.60 Å². The molecule has 1 aromatic carbocycles. The van der Waals surface area contributed by atoms with Gasteiger partial charge < -0.3 is 0 Å². The van der Waals surface area contributed by atoms with Crippen molar-refractivity contribution in [2.24, 2.45) is 5.73 Å². The molecule has 11 nitrogen and oxygen atoms in total. The first-order valence-electron chi connectivity index (χ1n) is 8.12. The maximum absolute atomic E-state index is 13.0. The fourth-order valence-electron chi connectivity index (χ4n) is 3.02. The van der Waals surface area contributed by atoms with Gasteiger partial charge in [-0.25, -0.2) is 0 Å². The van der Waals surface area contributed by atoms with Gasteiger partial charge in [0.2, 0.25) is 0 Å². The van der Waals surface area contributed by atoms with E-state index in [4.69, 9.17) is 10.5 Å². The van der Waals surface area contributed by atoms with Gasteiger partial charge in [0.15, 0.2) is 0 Å². The zero-order valence-electron chi connectivity index (χ0n) is 14.5. The van der Waals surface area contributed by atoms with Gasteiger partial charge >= 0.3 is 169 Å². The van der Waals surface area contributed by atoms with E-state index in [2.05, 4.69) is 4.98 Å². The average Bonchev–Trinajstić information content (AvgIpc) is 3.25. The van der Waals surface area contributed by atoms with Gasteiger partial charge in [-0.15, -0.1) is 0 Å². The van der Waals surface area contributed by atoms with Crippen LogP contribution in [0.4, 0.5) is 0 Å². The second kappa shape index (κ2) is 7.84. The number of nitrogens with two attached hydrogens (primary N) is 1. The minimum atomic E-state index is -5.24. The van der Waals surface area contributed by atoms with Crippen LogP contribution in [-0.4, -0.2) is 79.9 Å². The van der Waals surface area contributed by atoms with E-state index in [1.807, 2.05) is 0 Å². The van der Waals surface area contributed by atoms with Gasteiger partial charge in [0, 0.05) is 0 Å². The van der Waals surface area contributed by atoms with Gasteiger partial charge in [0.05, 0.1) is 0 Å². The number of carbonyl (C=O) groups is 2. The number of hydrogen-bond acceptors (Lipinski definition) is 8. The number of benzene rings is 1. The molecule has 1 saturated heterocycles. The molecule has 156 valence electrons. The molecular weight excluding hydrogens is 474 g/mol. The summed E-state index contributed by atoms with van der Waals surface area (Å²) in [6, 6.07) is 7.21. The number of Topliss-reactive ketones (excluding diaryl/α,β-unsaturated/α-hetero) is 1. The molecule has 1 amide bonds. The molecule has 0 aliphatic carbocycles. The third-order valence-electron chi connectivity index (χ3n) is 4.50. The van der Waals surface area contributed by atoms with Crippen molar-refractivity contribution in [2.45, 2.75) is 29.8 Å². The average molecular weight is 491 g/mol. The van der Waals surface area contributed by atoms with Crippen LogP contribution in [0.15, 0.2) is 35.3 Å². The summed E-state index contributed by atoms with van der Waals surface area (Å²) in [5, 5.41) is 31.9. The Morgan fingerprint density at radius 3 is 2.41 bits per heavy atom. The minimum absolute atomic E-state index is 0.0681. The summed E-state index contributed by atoms with van der Waals surface area (Å²) < 4.78 is 17.0. The van der Waals surface area contributed by atoms with Crippen LogP contribution in [0, 0.1) is 0 Å². The number of ketones is 1. The SMILES string of the molecule is NC(=O)c1c[se]c([C@@H]2O[C@H](C(O)P(=O)(O)O)[C@](O)(C(=O)c3ccccc3)[C@H]2O)n1. The molecule has 7 N–H and O–H groups in total. The zero-order chi connectivity index (χ0) is 21.6. The predicted molar refractivity (Wildman–Crippen MR) is 97.1 cm³/mol. The van der Waals surface area contributed by atoms with Crippen LogP contribution in [-0.2, 0) is 9.30 Å². The van der Waals surface area contributed by atoms with Crippen molar-refractivity contribution in [1.82, 2.24) is 4.98 Å². The number of aromatic nitrogens is 1. The summed E-state index contributed by atoms with van der Waals surface area (Å²) in [4.78, 5) is 48.3. The van der Waals surface area contributed by atoms with Crippen molar-refractivity contribution in [1.29, 1.82) is 0 Å². The topological polar surface area (TPSA) is 200 Å². The fraction of sp³-hybridized carbons (Fsp3) is 0.312. The van der Waals surface area contributed by atoms with Crippen LogP contribution in [0.2, 0.25) is 0 Å². The number of nitrogens with zero attached hydrogens (tertiary/aromatic N) is 1. The predicted octanol–water partition coefficient (Wildman–Crippen LogP) is -1.85. The van der Waals surface area contributed by atoms with Gasteiger partial charge in [0.1, 0.15) is 0 Å². The van der Waals surface area contributed by atoms with E-state index in [0.717, 1.165) is 0 Å². The number of amides is 1. The summed E-state index contributed by atoms with van der Waals surface area (Å²) in [7, 11) is -5.24. The monoisotopic (exact) mass is 492 g/mol. The van der Waals surface area contributed by atoms with Crippen molar-refractivity contribution in [3.8, 4) is 0 Å². The molecule has 0 saturated carbocycles. The fourth-order valence-corrected chi connectivity index (χ4v) is 5.50. The number of aliphatic hydroxyl groups is 3. The summed E-state index contributed by atoms with van der Waals surface area (Å²) in [6.45, 7) is 0. The van der Waals surface area contributed by atoms with Crippen LogP contribution in [0.1, 0.15) is 31.5 Å². The number of carbonyl (C=O) groups excluding carboxylic acids is 2. The van der Waals surface area contributed by atoms with Gasteiger partial charge in [-0.3, -0.25) is 0 Å². The summed E-state index contributed by atoms with van der Waals surface area (Å²) >= 11 is -0.644. The Kier molecular flexibility index (Phi) is 5.94. The molecule has 13 heteroatoms. The molecular formula is C16H17N2O9PSe.